The first kappa shape index (κ1) is 27.5. The molecule has 0 amide bonds. The summed E-state index contributed by atoms with van der Waals surface area (Å²) < 4.78 is 90.5. The van der Waals surface area contributed by atoms with E-state index >= 15 is 26.3 Å². The smallest absolute Gasteiger partial charge is 0.257 e. The lowest BCUT2D eigenvalue weighted by atomic mass is 9.68. The van der Waals surface area contributed by atoms with E-state index in [4.69, 9.17) is 0 Å². The molecule has 0 N–H and O–H groups in total. The summed E-state index contributed by atoms with van der Waals surface area (Å²) in [7, 11) is 0. The molecule has 0 bridgehead atoms. The zero-order chi connectivity index (χ0) is 29.9. The Hall–Kier alpha value is -2.37. The number of amidine groups is 1. The van der Waals surface area contributed by atoms with Gasteiger partial charge in [-0.3, -0.25) is 4.99 Å². The molecule has 1 saturated carbocycles. The van der Waals surface area contributed by atoms with E-state index in [2.05, 4.69) is 4.99 Å². The molecule has 0 spiro atoms. The summed E-state index contributed by atoms with van der Waals surface area (Å²) in [6, 6.07) is 11.2. The number of hydrogen-bond acceptors (Lipinski definition) is 4. The molecule has 0 saturated heterocycles. The van der Waals surface area contributed by atoms with Gasteiger partial charge in [-0.05, 0) is 75.9 Å². The molecule has 7 rings (SSSR count). The van der Waals surface area contributed by atoms with Crippen LogP contribution in [0.1, 0.15) is 58.2 Å². The van der Waals surface area contributed by atoms with Gasteiger partial charge < -0.3 is 0 Å². The normalized spacial score (nSPS) is 32.4. The highest BCUT2D eigenvalue weighted by Gasteiger charge is 2.84. The van der Waals surface area contributed by atoms with Crippen LogP contribution in [0.4, 0.5) is 26.3 Å². The molecule has 1 fully saturated rings. The maximum atomic E-state index is 15.8. The third kappa shape index (κ3) is 2.80. The lowest BCUT2D eigenvalue weighted by Gasteiger charge is -2.47. The first-order valence-electron chi connectivity index (χ1n) is 13.1. The van der Waals surface area contributed by atoms with Gasteiger partial charge in [-0.15, -0.1) is 23.5 Å². The molecular formula is C30H25F6N2OS2. The van der Waals surface area contributed by atoms with E-state index in [-0.39, 0.29) is 28.1 Å². The van der Waals surface area contributed by atoms with E-state index in [1.807, 2.05) is 13.8 Å². The summed E-state index contributed by atoms with van der Waals surface area (Å²) in [4.78, 5) is 5.65. The zero-order valence-electron chi connectivity index (χ0n) is 22.9. The monoisotopic (exact) mass is 607 g/mol. The van der Waals surface area contributed by atoms with Crippen molar-refractivity contribution in [2.45, 2.75) is 89.7 Å². The minimum atomic E-state index is -5.62. The van der Waals surface area contributed by atoms with E-state index < -0.39 is 49.5 Å². The van der Waals surface area contributed by atoms with Crippen LogP contribution >= 0.6 is 23.5 Å². The molecule has 1 radical (unpaired) electrons. The fraction of sp³-hybridized carbons (Fsp3) is 0.433. The summed E-state index contributed by atoms with van der Waals surface area (Å²) in [5.41, 5.74) is -3.63. The van der Waals surface area contributed by atoms with Crippen LogP contribution in [0.2, 0.25) is 0 Å². The summed E-state index contributed by atoms with van der Waals surface area (Å²) >= 11 is 2.41. The molecule has 5 aliphatic rings. The van der Waals surface area contributed by atoms with Crippen LogP contribution in [0.5, 0.6) is 0 Å². The lowest BCUT2D eigenvalue weighted by Crippen LogP contribution is -2.50. The number of halogens is 6. The van der Waals surface area contributed by atoms with Crippen LogP contribution in [0.15, 0.2) is 68.4 Å². The Balaban J connectivity index is 1.53. The second-order valence-corrected chi connectivity index (χ2v) is 15.5. The molecule has 11 heteroatoms. The topological polar surface area (TPSA) is 35.5 Å². The average Bonchev–Trinajstić information content (AvgIpc) is 3.44. The molecule has 2 aliphatic carbocycles. The van der Waals surface area contributed by atoms with Gasteiger partial charge >= 0.3 is 17.8 Å². The van der Waals surface area contributed by atoms with Gasteiger partial charge in [-0.1, -0.05) is 35.5 Å². The van der Waals surface area contributed by atoms with E-state index in [0.29, 0.717) is 15.4 Å². The quantitative estimate of drug-likeness (QED) is 0.305. The Morgan fingerprint density at radius 2 is 1.20 bits per heavy atom. The SMILES string of the molecule is CC1(C)N=C(c2ccc3c(c2)S[C@]2(C)C3=C3C(=C4c5ccccc5S[C@]42C)C(F)(F)C(F)(F)C3(F)F)N([O])C1(C)C. The van der Waals surface area contributed by atoms with Gasteiger partial charge in [0, 0.05) is 26.5 Å². The number of nitrogens with zero attached hydrogens (tertiary/aromatic N) is 2. The van der Waals surface area contributed by atoms with Crippen molar-refractivity contribution in [3.8, 4) is 0 Å². The lowest BCUT2D eigenvalue weighted by molar-refractivity contribution is -0.257. The van der Waals surface area contributed by atoms with Crippen LogP contribution in [0.25, 0.3) is 11.1 Å². The second-order valence-electron chi connectivity index (χ2n) is 12.5. The minimum Gasteiger partial charge on any atom is -0.257 e. The van der Waals surface area contributed by atoms with Gasteiger partial charge in [0.1, 0.15) is 0 Å². The summed E-state index contributed by atoms with van der Waals surface area (Å²) in [6.45, 7) is 10.6. The molecule has 2 aromatic carbocycles. The molecule has 2 aromatic rings. The van der Waals surface area contributed by atoms with Crippen LogP contribution in [0, 0.1) is 0 Å². The Morgan fingerprint density at radius 1 is 0.683 bits per heavy atom. The van der Waals surface area contributed by atoms with E-state index in [0.717, 1.165) is 5.06 Å². The number of aliphatic imine (C=N–C) groups is 1. The molecular weight excluding hydrogens is 582 g/mol. The third-order valence-corrected chi connectivity index (χ3v) is 13.2. The van der Waals surface area contributed by atoms with Crippen molar-refractivity contribution in [3.63, 3.8) is 0 Å². The Bertz CT molecular complexity index is 1690. The highest BCUT2D eigenvalue weighted by molar-refractivity contribution is 8.06. The number of allylic oxidation sites excluding steroid dienone is 2. The van der Waals surface area contributed by atoms with Crippen molar-refractivity contribution in [1.29, 1.82) is 0 Å². The minimum absolute atomic E-state index is 0.165. The van der Waals surface area contributed by atoms with Crippen molar-refractivity contribution in [2.75, 3.05) is 0 Å². The van der Waals surface area contributed by atoms with Gasteiger partial charge in [0.05, 0.1) is 20.6 Å². The first-order chi connectivity index (χ1) is 18.8. The second kappa shape index (κ2) is 7.39. The van der Waals surface area contributed by atoms with Crippen LogP contribution < -0.4 is 0 Å². The number of rotatable bonds is 1. The molecule has 0 unspecified atom stereocenters. The fourth-order valence-corrected chi connectivity index (χ4v) is 9.96. The number of thioether (sulfide) groups is 2. The standard InChI is InChI=1S/C30H25F6N2OS2/c1-24(2)25(3,4)38(39)23(37-24)14-11-12-16-18(13-14)41-27(6)20(16)22-21(28(31,32)30(35,36)29(22,33)34)19-15-9-7-8-10-17(15)40-26(19,27)5/h7-13H,1-6H3/t26-,27-/m1/s1. The maximum absolute atomic E-state index is 15.8. The number of benzene rings is 2. The van der Waals surface area contributed by atoms with Crippen LogP contribution in [-0.2, 0) is 5.21 Å². The predicted octanol–water partition coefficient (Wildman–Crippen LogP) is 8.52. The van der Waals surface area contributed by atoms with E-state index in [1.165, 1.54) is 41.7 Å². The summed E-state index contributed by atoms with van der Waals surface area (Å²) in [5, 5.41) is 14.1. The molecule has 215 valence electrons. The van der Waals surface area contributed by atoms with Gasteiger partial charge in [0.15, 0.2) is 5.84 Å². The van der Waals surface area contributed by atoms with Crippen molar-refractivity contribution < 1.29 is 31.5 Å². The number of fused-ring (bicyclic) bond motifs is 8. The van der Waals surface area contributed by atoms with Crippen molar-refractivity contribution in [1.82, 2.24) is 5.06 Å². The summed E-state index contributed by atoms with van der Waals surface area (Å²) in [6.07, 6.45) is 0. The molecule has 41 heavy (non-hydrogen) atoms. The number of alkyl halides is 6. The molecule has 2 atom stereocenters. The molecule has 3 nitrogen and oxygen atoms in total. The van der Waals surface area contributed by atoms with Gasteiger partial charge in [0.2, 0.25) is 0 Å². The molecule has 3 aliphatic heterocycles. The van der Waals surface area contributed by atoms with Crippen LogP contribution in [-0.4, -0.2) is 49.2 Å². The largest absolute Gasteiger partial charge is 0.380 e. The van der Waals surface area contributed by atoms with Gasteiger partial charge in [0.25, 0.3) is 0 Å². The predicted molar refractivity (Wildman–Crippen MR) is 147 cm³/mol. The maximum Gasteiger partial charge on any atom is 0.380 e. The van der Waals surface area contributed by atoms with E-state index in [1.54, 1.807) is 52.0 Å². The van der Waals surface area contributed by atoms with Gasteiger partial charge in [-0.25, -0.2) is 0 Å². The Labute approximate surface area is 241 Å². The van der Waals surface area contributed by atoms with Crippen molar-refractivity contribution in [2.24, 2.45) is 4.99 Å². The Morgan fingerprint density at radius 3 is 1.73 bits per heavy atom. The Kier molecular flexibility index (Phi) is 4.95. The third-order valence-electron chi connectivity index (χ3n) is 9.91. The first-order valence-corrected chi connectivity index (χ1v) is 14.7. The van der Waals surface area contributed by atoms with Crippen molar-refractivity contribution in [3.05, 3.63) is 70.3 Å². The highest BCUT2D eigenvalue weighted by Crippen LogP contribution is 2.78. The molecule has 0 aromatic heterocycles. The number of hydroxylamine groups is 2. The number of hydrogen-bond donors (Lipinski definition) is 0. The van der Waals surface area contributed by atoms with Gasteiger partial charge in [-0.2, -0.15) is 31.4 Å². The summed E-state index contributed by atoms with van der Waals surface area (Å²) in [5.74, 6) is -15.7. The van der Waals surface area contributed by atoms with E-state index in [9.17, 15) is 5.21 Å². The zero-order valence-corrected chi connectivity index (χ0v) is 24.6. The van der Waals surface area contributed by atoms with Crippen molar-refractivity contribution >= 4 is 40.5 Å². The molecule has 3 heterocycles. The average molecular weight is 608 g/mol. The highest BCUT2D eigenvalue weighted by atomic mass is 32.2. The fourth-order valence-electron chi connectivity index (χ4n) is 6.72. The van der Waals surface area contributed by atoms with Crippen LogP contribution in [0.3, 0.4) is 0 Å².